The molecule has 0 aliphatic heterocycles. The van der Waals surface area contributed by atoms with Gasteiger partial charge in [0.05, 0.1) is 10.5 Å². The maximum absolute atomic E-state index is 6.18. The number of nitrogens with zero attached hydrogens (tertiary/aromatic N) is 1. The van der Waals surface area contributed by atoms with Gasteiger partial charge in [-0.25, -0.2) is 0 Å². The summed E-state index contributed by atoms with van der Waals surface area (Å²) in [5, 5.41) is 5.24. The number of rotatable bonds is 2. The fourth-order valence-corrected chi connectivity index (χ4v) is 2.26. The van der Waals surface area contributed by atoms with Gasteiger partial charge in [-0.2, -0.15) is 0 Å². The highest BCUT2D eigenvalue weighted by Crippen LogP contribution is 2.28. The molecule has 0 bridgehead atoms. The van der Waals surface area contributed by atoms with Gasteiger partial charge in [-0.05, 0) is 26.1 Å². The Morgan fingerprint density at radius 1 is 1.40 bits per heavy atom. The Balaban J connectivity index is 2.70. The van der Waals surface area contributed by atoms with E-state index in [-0.39, 0.29) is 0 Å². The Labute approximate surface area is 94.8 Å². The second-order valence-electron chi connectivity index (χ2n) is 3.82. The smallest absolute Gasteiger partial charge is 0.0669 e. The summed E-state index contributed by atoms with van der Waals surface area (Å²) in [6, 6.07) is 8.52. The summed E-state index contributed by atoms with van der Waals surface area (Å²) < 4.78 is 2.15. The maximum Gasteiger partial charge on any atom is 0.0669 e. The molecule has 1 atom stereocenters. The van der Waals surface area contributed by atoms with Crippen molar-refractivity contribution < 1.29 is 0 Å². The van der Waals surface area contributed by atoms with Gasteiger partial charge in [-0.1, -0.05) is 23.7 Å². The van der Waals surface area contributed by atoms with Crippen molar-refractivity contribution in [3.05, 3.63) is 35.0 Å². The largest absolute Gasteiger partial charge is 0.345 e. The zero-order valence-corrected chi connectivity index (χ0v) is 9.97. The molecule has 0 spiro atoms. The predicted octanol–water partition coefficient (Wildman–Crippen LogP) is 3.11. The van der Waals surface area contributed by atoms with E-state index in [4.69, 9.17) is 11.6 Å². The van der Waals surface area contributed by atoms with Crippen LogP contribution in [0, 0.1) is 0 Å². The van der Waals surface area contributed by atoms with Gasteiger partial charge in [0.25, 0.3) is 0 Å². The third-order valence-corrected chi connectivity index (χ3v) is 3.23. The van der Waals surface area contributed by atoms with Gasteiger partial charge in [0, 0.05) is 24.2 Å². The lowest BCUT2D eigenvalue weighted by Gasteiger charge is -2.11. The van der Waals surface area contributed by atoms with E-state index in [1.165, 1.54) is 11.1 Å². The molecule has 1 N–H and O–H groups in total. The molecule has 3 heteroatoms. The first kappa shape index (κ1) is 10.5. The minimum Gasteiger partial charge on any atom is -0.345 e. The van der Waals surface area contributed by atoms with Gasteiger partial charge in [0.2, 0.25) is 0 Å². The highest BCUT2D eigenvalue weighted by atomic mass is 35.5. The Kier molecular flexibility index (Phi) is 2.72. The molecule has 0 fully saturated rings. The molecule has 1 unspecified atom stereocenters. The zero-order chi connectivity index (χ0) is 11.0. The highest BCUT2D eigenvalue weighted by Gasteiger charge is 2.12. The molecular formula is C12H15ClN2. The Morgan fingerprint density at radius 2 is 2.13 bits per heavy atom. The van der Waals surface area contributed by atoms with Crippen molar-refractivity contribution in [3.8, 4) is 0 Å². The summed E-state index contributed by atoms with van der Waals surface area (Å²) in [6.45, 7) is 2.14. The van der Waals surface area contributed by atoms with Crippen LogP contribution >= 0.6 is 11.6 Å². The van der Waals surface area contributed by atoms with Gasteiger partial charge >= 0.3 is 0 Å². The van der Waals surface area contributed by atoms with Crippen molar-refractivity contribution in [2.24, 2.45) is 7.05 Å². The molecular weight excluding hydrogens is 208 g/mol. The van der Waals surface area contributed by atoms with Crippen LogP contribution < -0.4 is 5.32 Å². The summed E-state index contributed by atoms with van der Waals surface area (Å²) >= 11 is 6.18. The van der Waals surface area contributed by atoms with Crippen LogP contribution in [0.4, 0.5) is 0 Å². The van der Waals surface area contributed by atoms with Crippen molar-refractivity contribution in [1.82, 2.24) is 9.88 Å². The molecule has 1 heterocycles. The fourth-order valence-electron chi connectivity index (χ4n) is 1.95. The van der Waals surface area contributed by atoms with Crippen molar-refractivity contribution >= 4 is 22.5 Å². The molecule has 0 amide bonds. The average Bonchev–Trinajstić information content (AvgIpc) is 2.56. The number of para-hydroxylation sites is 1. The van der Waals surface area contributed by atoms with Crippen molar-refractivity contribution in [2.45, 2.75) is 13.0 Å². The first-order chi connectivity index (χ1) is 7.15. The van der Waals surface area contributed by atoms with E-state index >= 15 is 0 Å². The lowest BCUT2D eigenvalue weighted by atomic mass is 10.2. The summed E-state index contributed by atoms with van der Waals surface area (Å²) in [5.74, 6) is 0. The van der Waals surface area contributed by atoms with Gasteiger partial charge in [-0.15, -0.1) is 0 Å². The molecule has 0 radical (unpaired) electrons. The van der Waals surface area contributed by atoms with Crippen LogP contribution in [-0.2, 0) is 7.05 Å². The summed E-state index contributed by atoms with van der Waals surface area (Å²) in [7, 11) is 4.02. The third-order valence-electron chi connectivity index (χ3n) is 2.92. The molecule has 1 aromatic heterocycles. The number of nitrogens with one attached hydrogen (secondary N) is 1. The van der Waals surface area contributed by atoms with Crippen molar-refractivity contribution in [2.75, 3.05) is 7.05 Å². The molecule has 80 valence electrons. The van der Waals surface area contributed by atoms with Gasteiger partial charge in [-0.3, -0.25) is 0 Å². The average molecular weight is 223 g/mol. The molecule has 2 aromatic rings. The topological polar surface area (TPSA) is 17.0 Å². The molecule has 2 rings (SSSR count). The predicted molar refractivity (Wildman–Crippen MR) is 65.4 cm³/mol. The van der Waals surface area contributed by atoms with E-state index in [9.17, 15) is 0 Å². The van der Waals surface area contributed by atoms with Crippen LogP contribution in [0.25, 0.3) is 10.9 Å². The second-order valence-corrected chi connectivity index (χ2v) is 4.22. The van der Waals surface area contributed by atoms with Crippen molar-refractivity contribution in [1.29, 1.82) is 0 Å². The van der Waals surface area contributed by atoms with E-state index in [2.05, 4.69) is 36.0 Å². The highest BCUT2D eigenvalue weighted by molar-refractivity contribution is 6.35. The minimum atomic E-state index is 0.332. The normalized spacial score (nSPS) is 13.3. The van der Waals surface area contributed by atoms with E-state index in [0.29, 0.717) is 6.04 Å². The molecule has 2 nitrogen and oxygen atoms in total. The lowest BCUT2D eigenvalue weighted by Crippen LogP contribution is -2.15. The lowest BCUT2D eigenvalue weighted by molar-refractivity contribution is 0.610. The van der Waals surface area contributed by atoms with Crippen LogP contribution in [0.1, 0.15) is 18.7 Å². The van der Waals surface area contributed by atoms with Crippen LogP contribution in [0.5, 0.6) is 0 Å². The summed E-state index contributed by atoms with van der Waals surface area (Å²) in [5.41, 5.74) is 2.36. The number of hydrogen-bond donors (Lipinski definition) is 1. The van der Waals surface area contributed by atoms with Crippen LogP contribution in [0.3, 0.4) is 0 Å². The SMILES string of the molecule is CNC(C)c1cc2cccc(Cl)c2n1C. The molecule has 0 aliphatic carbocycles. The van der Waals surface area contributed by atoms with Crippen molar-refractivity contribution in [3.63, 3.8) is 0 Å². The van der Waals surface area contributed by atoms with E-state index < -0.39 is 0 Å². The second kappa shape index (κ2) is 3.87. The summed E-state index contributed by atoms with van der Waals surface area (Å²) in [4.78, 5) is 0. The van der Waals surface area contributed by atoms with Gasteiger partial charge in [0.15, 0.2) is 0 Å². The van der Waals surface area contributed by atoms with Gasteiger partial charge in [0.1, 0.15) is 0 Å². The molecule has 0 saturated heterocycles. The first-order valence-electron chi connectivity index (χ1n) is 5.06. The third kappa shape index (κ3) is 1.64. The quantitative estimate of drug-likeness (QED) is 0.826. The standard InChI is InChI=1S/C12H15ClN2/c1-8(14-2)11-7-9-5-4-6-10(13)12(9)15(11)3/h4-8,14H,1-3H3. The van der Waals surface area contributed by atoms with E-state index in [1.807, 2.05) is 19.2 Å². The fraction of sp³-hybridized carbons (Fsp3) is 0.333. The molecule has 0 aliphatic rings. The van der Waals surface area contributed by atoms with Crippen LogP contribution in [0.2, 0.25) is 5.02 Å². The Hall–Kier alpha value is -0.990. The number of aryl methyl sites for hydroxylation is 1. The summed E-state index contributed by atoms with van der Waals surface area (Å²) in [6.07, 6.45) is 0. The number of hydrogen-bond acceptors (Lipinski definition) is 1. The zero-order valence-electron chi connectivity index (χ0n) is 9.21. The number of halogens is 1. The monoisotopic (exact) mass is 222 g/mol. The maximum atomic E-state index is 6.18. The van der Waals surface area contributed by atoms with Crippen LogP contribution in [-0.4, -0.2) is 11.6 Å². The molecule has 15 heavy (non-hydrogen) atoms. The number of aromatic nitrogens is 1. The van der Waals surface area contributed by atoms with E-state index in [1.54, 1.807) is 0 Å². The van der Waals surface area contributed by atoms with E-state index in [0.717, 1.165) is 10.5 Å². The first-order valence-corrected chi connectivity index (χ1v) is 5.44. The number of benzene rings is 1. The molecule has 1 aromatic carbocycles. The number of fused-ring (bicyclic) bond motifs is 1. The van der Waals surface area contributed by atoms with Crippen LogP contribution in [0.15, 0.2) is 24.3 Å². The molecule has 0 saturated carbocycles. The Morgan fingerprint density at radius 3 is 2.73 bits per heavy atom. The Bertz CT molecular complexity index is 488. The van der Waals surface area contributed by atoms with Gasteiger partial charge < -0.3 is 9.88 Å². The minimum absolute atomic E-state index is 0.332.